The summed E-state index contributed by atoms with van der Waals surface area (Å²) < 4.78 is 1.20. The molecule has 0 fully saturated rings. The fraction of sp³-hybridized carbons (Fsp3) is 0. The van der Waals surface area contributed by atoms with Gasteiger partial charge in [0.25, 0.3) is 0 Å². The Kier molecular flexibility index (Phi) is 2.95. The van der Waals surface area contributed by atoms with Gasteiger partial charge >= 0.3 is 0 Å². The Morgan fingerprint density at radius 2 is 2.20 bits per heavy atom. The van der Waals surface area contributed by atoms with Crippen LogP contribution in [-0.4, -0.2) is 0 Å². The highest BCUT2D eigenvalue weighted by Crippen LogP contribution is 2.34. The van der Waals surface area contributed by atoms with Crippen LogP contribution >= 0.6 is 23.1 Å². The molecule has 2 N–H and O–H groups in total. The molecule has 0 aliphatic carbocycles. The lowest BCUT2D eigenvalue weighted by Gasteiger charge is -2.03. The predicted molar refractivity (Wildman–Crippen MR) is 64.0 cm³/mol. The summed E-state index contributed by atoms with van der Waals surface area (Å²) in [5, 5.41) is 10.7. The average molecular weight is 232 g/mol. The van der Waals surface area contributed by atoms with Crippen molar-refractivity contribution in [2.75, 3.05) is 5.73 Å². The van der Waals surface area contributed by atoms with Crippen molar-refractivity contribution in [2.45, 2.75) is 9.10 Å². The van der Waals surface area contributed by atoms with Gasteiger partial charge in [-0.1, -0.05) is 17.8 Å². The maximum absolute atomic E-state index is 8.70. The first-order valence-corrected chi connectivity index (χ1v) is 6.00. The summed E-state index contributed by atoms with van der Waals surface area (Å²) in [6.45, 7) is 0. The van der Waals surface area contributed by atoms with Crippen LogP contribution < -0.4 is 5.73 Å². The van der Waals surface area contributed by atoms with E-state index < -0.39 is 0 Å². The Morgan fingerprint density at radius 1 is 1.33 bits per heavy atom. The van der Waals surface area contributed by atoms with Crippen LogP contribution in [0.3, 0.4) is 0 Å². The van der Waals surface area contributed by atoms with Crippen molar-refractivity contribution in [3.63, 3.8) is 0 Å². The molecule has 0 radical (unpaired) electrons. The molecule has 0 bridgehead atoms. The molecule has 0 saturated carbocycles. The highest BCUT2D eigenvalue weighted by Gasteiger charge is 2.03. The Hall–Kier alpha value is -1.44. The normalized spacial score (nSPS) is 9.80. The highest BCUT2D eigenvalue weighted by molar-refractivity contribution is 8.01. The molecule has 0 unspecified atom stereocenters. The summed E-state index contributed by atoms with van der Waals surface area (Å²) in [6.07, 6.45) is 0. The molecule has 2 aromatic rings. The SMILES string of the molecule is N#Cc1ccc(Sc2cccs2)c(N)c1. The van der Waals surface area contributed by atoms with Gasteiger partial charge in [-0.3, -0.25) is 0 Å². The van der Waals surface area contributed by atoms with E-state index in [0.717, 1.165) is 4.90 Å². The van der Waals surface area contributed by atoms with E-state index in [-0.39, 0.29) is 0 Å². The largest absolute Gasteiger partial charge is 0.398 e. The third kappa shape index (κ3) is 2.32. The van der Waals surface area contributed by atoms with Gasteiger partial charge in [-0.2, -0.15) is 5.26 Å². The molecule has 0 amide bonds. The molecule has 1 heterocycles. The number of benzene rings is 1. The molecule has 74 valence electrons. The fourth-order valence-electron chi connectivity index (χ4n) is 1.14. The Bertz CT molecular complexity index is 498. The summed E-state index contributed by atoms with van der Waals surface area (Å²) in [4.78, 5) is 0.997. The van der Waals surface area contributed by atoms with E-state index in [1.54, 1.807) is 35.2 Å². The van der Waals surface area contributed by atoms with Crippen molar-refractivity contribution in [3.05, 3.63) is 41.3 Å². The minimum atomic E-state index is 0.600. The van der Waals surface area contributed by atoms with Crippen molar-refractivity contribution in [3.8, 4) is 6.07 Å². The van der Waals surface area contributed by atoms with Gasteiger partial charge in [0.2, 0.25) is 0 Å². The molecule has 2 nitrogen and oxygen atoms in total. The van der Waals surface area contributed by atoms with Gasteiger partial charge < -0.3 is 5.73 Å². The first-order chi connectivity index (χ1) is 7.29. The number of hydrogen-bond donors (Lipinski definition) is 1. The number of anilines is 1. The van der Waals surface area contributed by atoms with Crippen molar-refractivity contribution in [1.82, 2.24) is 0 Å². The molecule has 0 aliphatic heterocycles. The zero-order valence-corrected chi connectivity index (χ0v) is 9.44. The number of thiophene rings is 1. The highest BCUT2D eigenvalue weighted by atomic mass is 32.2. The minimum absolute atomic E-state index is 0.600. The molecule has 4 heteroatoms. The first kappa shape index (κ1) is 10.1. The van der Waals surface area contributed by atoms with Crippen LogP contribution in [0.5, 0.6) is 0 Å². The smallest absolute Gasteiger partial charge is 0.0992 e. The molecule has 1 aromatic heterocycles. The predicted octanol–water partition coefficient (Wildman–Crippen LogP) is 3.35. The van der Waals surface area contributed by atoms with Crippen molar-refractivity contribution >= 4 is 28.8 Å². The molecule has 1 aromatic carbocycles. The molecule has 15 heavy (non-hydrogen) atoms. The van der Waals surface area contributed by atoms with Crippen molar-refractivity contribution in [2.24, 2.45) is 0 Å². The molecular formula is C11H8N2S2. The van der Waals surface area contributed by atoms with Crippen LogP contribution in [0.1, 0.15) is 5.56 Å². The molecule has 0 saturated heterocycles. The third-order valence-corrected chi connectivity index (χ3v) is 3.97. The Balaban J connectivity index is 2.27. The number of nitrogens with zero attached hydrogens (tertiary/aromatic N) is 1. The minimum Gasteiger partial charge on any atom is -0.398 e. The second kappa shape index (κ2) is 4.39. The van der Waals surface area contributed by atoms with Gasteiger partial charge in [-0.05, 0) is 29.6 Å². The quantitative estimate of drug-likeness (QED) is 0.808. The Morgan fingerprint density at radius 3 is 2.80 bits per heavy atom. The maximum atomic E-state index is 8.70. The zero-order chi connectivity index (χ0) is 10.7. The summed E-state index contributed by atoms with van der Waals surface area (Å²) in [5.74, 6) is 0. The molecule has 0 spiro atoms. The van der Waals surface area contributed by atoms with Gasteiger partial charge in [0.05, 0.1) is 15.8 Å². The van der Waals surface area contributed by atoms with E-state index in [0.29, 0.717) is 11.3 Å². The van der Waals surface area contributed by atoms with E-state index >= 15 is 0 Å². The maximum Gasteiger partial charge on any atom is 0.0992 e. The standard InChI is InChI=1S/C11H8N2S2/c12-7-8-3-4-10(9(13)6-8)15-11-2-1-5-14-11/h1-6H,13H2. The van der Waals surface area contributed by atoms with Crippen LogP contribution in [0.2, 0.25) is 0 Å². The summed E-state index contributed by atoms with van der Waals surface area (Å²) in [7, 11) is 0. The van der Waals surface area contributed by atoms with Crippen LogP contribution in [0.25, 0.3) is 0 Å². The monoisotopic (exact) mass is 232 g/mol. The van der Waals surface area contributed by atoms with E-state index in [9.17, 15) is 0 Å². The summed E-state index contributed by atoms with van der Waals surface area (Å²) >= 11 is 3.30. The lowest BCUT2D eigenvalue weighted by atomic mass is 10.2. The van der Waals surface area contributed by atoms with E-state index in [1.807, 2.05) is 23.6 Å². The van der Waals surface area contributed by atoms with Gasteiger partial charge in [0.15, 0.2) is 0 Å². The van der Waals surface area contributed by atoms with Crippen LogP contribution in [0.4, 0.5) is 5.69 Å². The molecule has 2 rings (SSSR count). The van der Waals surface area contributed by atoms with E-state index in [2.05, 4.69) is 6.07 Å². The Labute approximate surface area is 96.3 Å². The van der Waals surface area contributed by atoms with E-state index in [1.165, 1.54) is 4.21 Å². The van der Waals surface area contributed by atoms with Gasteiger partial charge in [-0.25, -0.2) is 0 Å². The van der Waals surface area contributed by atoms with Crippen molar-refractivity contribution in [1.29, 1.82) is 5.26 Å². The molecule has 0 aliphatic rings. The second-order valence-corrected chi connectivity index (χ2v) is 5.19. The van der Waals surface area contributed by atoms with Gasteiger partial charge in [0, 0.05) is 10.6 Å². The molecule has 0 atom stereocenters. The summed E-state index contributed by atoms with van der Waals surface area (Å²) in [6, 6.07) is 11.5. The number of nitriles is 1. The third-order valence-electron chi connectivity index (χ3n) is 1.84. The molecular weight excluding hydrogens is 224 g/mol. The van der Waals surface area contributed by atoms with Crippen LogP contribution in [0, 0.1) is 11.3 Å². The van der Waals surface area contributed by atoms with Crippen LogP contribution in [0.15, 0.2) is 44.8 Å². The zero-order valence-electron chi connectivity index (χ0n) is 7.81. The first-order valence-electron chi connectivity index (χ1n) is 4.30. The van der Waals surface area contributed by atoms with Crippen molar-refractivity contribution < 1.29 is 0 Å². The number of hydrogen-bond acceptors (Lipinski definition) is 4. The number of nitrogen functional groups attached to an aromatic ring is 1. The van der Waals surface area contributed by atoms with Gasteiger partial charge in [0.1, 0.15) is 0 Å². The number of nitrogens with two attached hydrogens (primary N) is 1. The van der Waals surface area contributed by atoms with Gasteiger partial charge in [-0.15, -0.1) is 11.3 Å². The number of rotatable bonds is 2. The van der Waals surface area contributed by atoms with Crippen LogP contribution in [-0.2, 0) is 0 Å². The average Bonchev–Trinajstić information content (AvgIpc) is 2.74. The summed E-state index contributed by atoms with van der Waals surface area (Å²) in [5.41, 5.74) is 7.11. The lowest BCUT2D eigenvalue weighted by molar-refractivity contribution is 1.41. The van der Waals surface area contributed by atoms with E-state index in [4.69, 9.17) is 11.0 Å². The second-order valence-electron chi connectivity index (χ2n) is 2.90. The topological polar surface area (TPSA) is 49.8 Å². The fourth-order valence-corrected chi connectivity index (χ4v) is 2.89. The lowest BCUT2D eigenvalue weighted by Crippen LogP contribution is -1.88.